The standard InChI is InChI=1S/C15H24N4O3/c1-11-7-12(2)18-14(17-11)19-5-6-22-10-15(9-19,21-4)8-13(20)16-3/h7H,5-6,8-10H2,1-4H3,(H,16,20). The molecule has 22 heavy (non-hydrogen) atoms. The lowest BCUT2D eigenvalue weighted by Crippen LogP contribution is -2.49. The molecular weight excluding hydrogens is 284 g/mol. The van der Waals surface area contributed by atoms with Crippen LogP contribution in [0.25, 0.3) is 0 Å². The van der Waals surface area contributed by atoms with Gasteiger partial charge in [-0.05, 0) is 19.9 Å². The van der Waals surface area contributed by atoms with Gasteiger partial charge in [0.25, 0.3) is 0 Å². The number of aromatic nitrogens is 2. The van der Waals surface area contributed by atoms with E-state index in [1.165, 1.54) is 0 Å². The first-order valence-corrected chi connectivity index (χ1v) is 7.39. The van der Waals surface area contributed by atoms with Crippen LogP contribution in [0.1, 0.15) is 17.8 Å². The molecule has 0 spiro atoms. The van der Waals surface area contributed by atoms with Crippen molar-refractivity contribution in [1.29, 1.82) is 0 Å². The number of carbonyl (C=O) groups excluding carboxylic acids is 1. The van der Waals surface area contributed by atoms with E-state index in [9.17, 15) is 4.79 Å². The third-order valence-corrected chi connectivity index (χ3v) is 3.80. The first kappa shape index (κ1) is 16.6. The Labute approximate surface area is 131 Å². The largest absolute Gasteiger partial charge is 0.377 e. The van der Waals surface area contributed by atoms with E-state index in [-0.39, 0.29) is 12.3 Å². The van der Waals surface area contributed by atoms with Gasteiger partial charge in [0.2, 0.25) is 11.9 Å². The molecule has 7 heteroatoms. The molecule has 1 aromatic heterocycles. The van der Waals surface area contributed by atoms with Crippen LogP contribution in [-0.4, -0.2) is 61.9 Å². The molecule has 122 valence electrons. The van der Waals surface area contributed by atoms with E-state index < -0.39 is 5.60 Å². The molecule has 1 saturated heterocycles. The van der Waals surface area contributed by atoms with Crippen molar-refractivity contribution in [3.63, 3.8) is 0 Å². The molecule has 2 heterocycles. The lowest BCUT2D eigenvalue weighted by molar-refractivity contribution is -0.130. The second-order valence-electron chi connectivity index (χ2n) is 5.66. The Bertz CT molecular complexity index is 517. The van der Waals surface area contributed by atoms with Gasteiger partial charge in [-0.2, -0.15) is 0 Å². The molecule has 0 bridgehead atoms. The summed E-state index contributed by atoms with van der Waals surface area (Å²) < 4.78 is 11.3. The fourth-order valence-electron chi connectivity index (χ4n) is 2.61. The Morgan fingerprint density at radius 3 is 2.73 bits per heavy atom. The number of aryl methyl sites for hydroxylation is 2. The van der Waals surface area contributed by atoms with Crippen molar-refractivity contribution in [2.45, 2.75) is 25.9 Å². The minimum absolute atomic E-state index is 0.0753. The monoisotopic (exact) mass is 308 g/mol. The van der Waals surface area contributed by atoms with E-state index in [1.807, 2.05) is 24.8 Å². The Hall–Kier alpha value is -1.73. The Morgan fingerprint density at radius 2 is 2.14 bits per heavy atom. The van der Waals surface area contributed by atoms with Crippen LogP contribution in [-0.2, 0) is 14.3 Å². The molecule has 0 aromatic carbocycles. The van der Waals surface area contributed by atoms with E-state index in [0.29, 0.717) is 32.3 Å². The summed E-state index contributed by atoms with van der Waals surface area (Å²) in [5, 5.41) is 2.64. The molecule has 1 fully saturated rings. The maximum Gasteiger partial charge on any atom is 0.225 e. The highest BCUT2D eigenvalue weighted by atomic mass is 16.5. The molecule has 0 saturated carbocycles. The average Bonchev–Trinajstić information content (AvgIpc) is 2.69. The van der Waals surface area contributed by atoms with Crippen molar-refractivity contribution in [2.24, 2.45) is 0 Å². The molecular formula is C15H24N4O3. The van der Waals surface area contributed by atoms with Crippen LogP contribution in [0.4, 0.5) is 5.95 Å². The predicted molar refractivity (Wildman–Crippen MR) is 83.0 cm³/mol. The molecule has 1 amide bonds. The van der Waals surface area contributed by atoms with Crippen LogP contribution in [0.2, 0.25) is 0 Å². The highest BCUT2D eigenvalue weighted by Gasteiger charge is 2.37. The highest BCUT2D eigenvalue weighted by molar-refractivity contribution is 5.76. The zero-order valence-corrected chi connectivity index (χ0v) is 13.7. The maximum atomic E-state index is 11.8. The predicted octanol–water partition coefficient (Wildman–Crippen LogP) is 0.451. The van der Waals surface area contributed by atoms with E-state index >= 15 is 0 Å². The zero-order chi connectivity index (χ0) is 16.2. The summed E-state index contributed by atoms with van der Waals surface area (Å²) in [7, 11) is 3.23. The van der Waals surface area contributed by atoms with Gasteiger partial charge in [0.15, 0.2) is 0 Å². The second-order valence-corrected chi connectivity index (χ2v) is 5.66. The van der Waals surface area contributed by atoms with E-state index in [1.54, 1.807) is 14.2 Å². The van der Waals surface area contributed by atoms with Gasteiger partial charge in [-0.1, -0.05) is 0 Å². The van der Waals surface area contributed by atoms with Crippen LogP contribution in [0.5, 0.6) is 0 Å². The van der Waals surface area contributed by atoms with Crippen molar-refractivity contribution in [2.75, 3.05) is 45.4 Å². The second kappa shape index (κ2) is 7.02. The quantitative estimate of drug-likeness (QED) is 0.870. The minimum Gasteiger partial charge on any atom is -0.377 e. The number of carbonyl (C=O) groups is 1. The third kappa shape index (κ3) is 3.92. The van der Waals surface area contributed by atoms with Crippen molar-refractivity contribution in [1.82, 2.24) is 15.3 Å². The fraction of sp³-hybridized carbons (Fsp3) is 0.667. The van der Waals surface area contributed by atoms with Crippen LogP contribution in [0.3, 0.4) is 0 Å². The number of methoxy groups -OCH3 is 1. The molecule has 0 radical (unpaired) electrons. The van der Waals surface area contributed by atoms with E-state index in [2.05, 4.69) is 15.3 Å². The zero-order valence-electron chi connectivity index (χ0n) is 13.7. The summed E-state index contributed by atoms with van der Waals surface area (Å²) in [4.78, 5) is 22.8. The van der Waals surface area contributed by atoms with Gasteiger partial charge in [0, 0.05) is 32.1 Å². The van der Waals surface area contributed by atoms with Gasteiger partial charge >= 0.3 is 0 Å². The number of ether oxygens (including phenoxy) is 2. The highest BCUT2D eigenvalue weighted by Crippen LogP contribution is 2.23. The van der Waals surface area contributed by atoms with Crippen LogP contribution < -0.4 is 10.2 Å². The summed E-state index contributed by atoms with van der Waals surface area (Å²) in [6, 6.07) is 1.94. The van der Waals surface area contributed by atoms with Crippen molar-refractivity contribution >= 4 is 11.9 Å². The van der Waals surface area contributed by atoms with Crippen molar-refractivity contribution in [3.05, 3.63) is 17.5 Å². The third-order valence-electron chi connectivity index (χ3n) is 3.80. The first-order valence-electron chi connectivity index (χ1n) is 7.39. The lowest BCUT2D eigenvalue weighted by Gasteiger charge is -2.33. The number of hydrogen-bond donors (Lipinski definition) is 1. The van der Waals surface area contributed by atoms with Gasteiger partial charge < -0.3 is 19.7 Å². The van der Waals surface area contributed by atoms with Crippen molar-refractivity contribution < 1.29 is 14.3 Å². The Morgan fingerprint density at radius 1 is 1.45 bits per heavy atom. The topological polar surface area (TPSA) is 76.6 Å². The van der Waals surface area contributed by atoms with Crippen LogP contribution >= 0.6 is 0 Å². The maximum absolute atomic E-state index is 11.8. The van der Waals surface area contributed by atoms with Gasteiger partial charge in [-0.3, -0.25) is 4.79 Å². The van der Waals surface area contributed by atoms with Gasteiger partial charge in [0.05, 0.1) is 26.2 Å². The molecule has 2 rings (SSSR count). The summed E-state index contributed by atoms with van der Waals surface area (Å²) in [5.74, 6) is 0.579. The average molecular weight is 308 g/mol. The number of nitrogens with zero attached hydrogens (tertiary/aromatic N) is 3. The number of rotatable bonds is 4. The van der Waals surface area contributed by atoms with Gasteiger partial charge in [-0.25, -0.2) is 9.97 Å². The van der Waals surface area contributed by atoms with E-state index in [4.69, 9.17) is 9.47 Å². The molecule has 1 atom stereocenters. The lowest BCUT2D eigenvalue weighted by atomic mass is 9.99. The first-order chi connectivity index (χ1) is 10.5. The van der Waals surface area contributed by atoms with Crippen molar-refractivity contribution in [3.8, 4) is 0 Å². The molecule has 1 aromatic rings. The minimum atomic E-state index is -0.697. The Balaban J connectivity index is 2.26. The Kier molecular flexibility index (Phi) is 5.31. The summed E-state index contributed by atoms with van der Waals surface area (Å²) in [6.45, 7) is 6.00. The van der Waals surface area contributed by atoms with E-state index in [0.717, 1.165) is 11.4 Å². The normalized spacial score (nSPS) is 22.3. The molecule has 1 aliphatic rings. The number of anilines is 1. The smallest absolute Gasteiger partial charge is 0.225 e. The number of nitrogens with one attached hydrogen (secondary N) is 1. The summed E-state index contributed by atoms with van der Waals surface area (Å²) >= 11 is 0. The SMILES string of the molecule is CNC(=O)CC1(OC)COCCN(c2nc(C)cc(C)n2)C1. The summed E-state index contributed by atoms with van der Waals surface area (Å²) in [5.41, 5.74) is 1.14. The van der Waals surface area contributed by atoms with Crippen LogP contribution in [0, 0.1) is 13.8 Å². The fourth-order valence-corrected chi connectivity index (χ4v) is 2.61. The molecule has 1 unspecified atom stereocenters. The molecule has 1 N–H and O–H groups in total. The number of hydrogen-bond acceptors (Lipinski definition) is 6. The molecule has 0 aliphatic carbocycles. The van der Waals surface area contributed by atoms with Gasteiger partial charge in [-0.15, -0.1) is 0 Å². The molecule has 7 nitrogen and oxygen atoms in total. The number of amides is 1. The van der Waals surface area contributed by atoms with Gasteiger partial charge in [0.1, 0.15) is 5.60 Å². The van der Waals surface area contributed by atoms with Crippen LogP contribution in [0.15, 0.2) is 6.07 Å². The molecule has 1 aliphatic heterocycles. The summed E-state index contributed by atoms with van der Waals surface area (Å²) in [6.07, 6.45) is 0.237.